The Morgan fingerprint density at radius 1 is 0.974 bits per heavy atom. The van der Waals surface area contributed by atoms with Crippen LogP contribution in [0.2, 0.25) is 0 Å². The van der Waals surface area contributed by atoms with Crippen LogP contribution in [0.5, 0.6) is 0 Å². The van der Waals surface area contributed by atoms with Crippen LogP contribution in [0.15, 0.2) is 85.1 Å². The minimum absolute atomic E-state index is 0.251. The van der Waals surface area contributed by atoms with Crippen LogP contribution in [-0.4, -0.2) is 57.4 Å². The van der Waals surface area contributed by atoms with E-state index in [9.17, 15) is 19.6 Å². The molecule has 1 N–H and O–H groups in total. The first-order valence-electron chi connectivity index (χ1n) is 12.7. The van der Waals surface area contributed by atoms with Gasteiger partial charge in [0.25, 0.3) is 5.91 Å². The number of hydrogen-bond acceptors (Lipinski definition) is 5. The largest absolute Gasteiger partial charge is 0.332 e. The predicted octanol–water partition coefficient (Wildman–Crippen LogP) is 4.60. The molecule has 3 aliphatic rings. The lowest BCUT2D eigenvalue weighted by molar-refractivity contribution is -0.120. The summed E-state index contributed by atoms with van der Waals surface area (Å²) in [6.07, 6.45) is 2.13. The van der Waals surface area contributed by atoms with Crippen LogP contribution in [0.25, 0.3) is 22.0 Å². The fraction of sp³-hybridized carbons (Fsp3) is 0.167. The van der Waals surface area contributed by atoms with Crippen molar-refractivity contribution in [3.8, 4) is 17.2 Å². The van der Waals surface area contributed by atoms with Gasteiger partial charge in [-0.15, -0.1) is 0 Å². The van der Waals surface area contributed by atoms with Crippen LogP contribution in [0, 0.1) is 11.3 Å². The number of fused-ring (bicyclic) bond motifs is 6. The average Bonchev–Trinajstić information content (AvgIpc) is 3.64. The van der Waals surface area contributed by atoms with E-state index in [0.29, 0.717) is 40.8 Å². The Morgan fingerprint density at radius 2 is 1.77 bits per heavy atom. The third kappa shape index (κ3) is 3.38. The van der Waals surface area contributed by atoms with Crippen LogP contribution in [0.4, 0.5) is 21.0 Å². The van der Waals surface area contributed by atoms with Crippen molar-refractivity contribution in [1.29, 1.82) is 5.26 Å². The summed E-state index contributed by atoms with van der Waals surface area (Å²) in [7, 11) is 0. The average molecular weight is 515 g/mol. The summed E-state index contributed by atoms with van der Waals surface area (Å²) in [5.74, 6) is -0.371. The normalized spacial score (nSPS) is 21.4. The van der Waals surface area contributed by atoms with E-state index in [1.165, 1.54) is 4.90 Å². The molecule has 39 heavy (non-hydrogen) atoms. The monoisotopic (exact) mass is 514 g/mol. The van der Waals surface area contributed by atoms with Crippen molar-refractivity contribution in [2.24, 2.45) is 0 Å². The molecule has 0 aliphatic carbocycles. The maximum atomic E-state index is 13.8. The Labute approximate surface area is 223 Å². The third-order valence-electron chi connectivity index (χ3n) is 7.89. The van der Waals surface area contributed by atoms with Gasteiger partial charge in [-0.25, -0.2) is 14.5 Å². The number of nitriles is 1. The fourth-order valence-corrected chi connectivity index (χ4v) is 6.20. The highest BCUT2D eigenvalue weighted by Gasteiger charge is 2.63. The lowest BCUT2D eigenvalue weighted by Crippen LogP contribution is -2.55. The predicted molar refractivity (Wildman–Crippen MR) is 145 cm³/mol. The number of anilines is 2. The van der Waals surface area contributed by atoms with E-state index in [0.717, 1.165) is 11.1 Å². The highest BCUT2D eigenvalue weighted by molar-refractivity contribution is 6.25. The molecule has 7 rings (SSSR count). The number of amides is 5. The van der Waals surface area contributed by atoms with Gasteiger partial charge in [-0.1, -0.05) is 48.5 Å². The molecule has 3 fully saturated rings. The van der Waals surface area contributed by atoms with Gasteiger partial charge >= 0.3 is 12.1 Å². The summed E-state index contributed by atoms with van der Waals surface area (Å²) in [5, 5.41) is 13.1. The van der Waals surface area contributed by atoms with Gasteiger partial charge < -0.3 is 15.1 Å². The van der Waals surface area contributed by atoms with Crippen molar-refractivity contribution >= 4 is 40.2 Å². The Balaban J connectivity index is 1.18. The number of carbonyl (C=O) groups excluding carboxylic acids is 3. The number of aromatic nitrogens is 1. The van der Waals surface area contributed by atoms with Crippen LogP contribution in [0.1, 0.15) is 12.0 Å². The zero-order chi connectivity index (χ0) is 26.7. The van der Waals surface area contributed by atoms with Gasteiger partial charge in [-0.2, -0.15) is 5.26 Å². The van der Waals surface area contributed by atoms with Gasteiger partial charge in [0.1, 0.15) is 12.1 Å². The number of urea groups is 2. The standard InChI is InChI=1S/C30H22N6O3/c31-16-19-12-13-24(22-10-6-14-32-26(19)22)36-28(37)27-25-15-20(35(27)30(36)39)17-34(25)29(38)33-23-11-5-4-9-21(23)18-7-2-1-3-8-18/h1-14,20,25,27H,15,17H2,(H,33,38). The molecule has 3 saturated heterocycles. The molecule has 5 amide bonds. The fourth-order valence-electron chi connectivity index (χ4n) is 6.20. The number of pyridine rings is 1. The summed E-state index contributed by atoms with van der Waals surface area (Å²) in [6.45, 7) is 0.350. The molecule has 9 heteroatoms. The molecule has 4 heterocycles. The van der Waals surface area contributed by atoms with Gasteiger partial charge in [0, 0.05) is 23.7 Å². The third-order valence-corrected chi connectivity index (χ3v) is 7.89. The Morgan fingerprint density at radius 3 is 2.59 bits per heavy atom. The molecule has 0 radical (unpaired) electrons. The molecule has 3 unspecified atom stereocenters. The molecule has 3 aliphatic heterocycles. The lowest BCUT2D eigenvalue weighted by Gasteiger charge is -2.35. The minimum atomic E-state index is -0.756. The molecule has 1 aromatic heterocycles. The smallest absolute Gasteiger partial charge is 0.317 e. The van der Waals surface area contributed by atoms with E-state index in [1.54, 1.807) is 40.3 Å². The topological polar surface area (TPSA) is 110 Å². The van der Waals surface area contributed by atoms with Crippen LogP contribution in [-0.2, 0) is 4.79 Å². The van der Waals surface area contributed by atoms with Gasteiger partial charge in [-0.05, 0) is 42.3 Å². The summed E-state index contributed by atoms with van der Waals surface area (Å²) in [6, 6.07) is 24.1. The van der Waals surface area contributed by atoms with E-state index in [-0.39, 0.29) is 18.0 Å². The second kappa shape index (κ2) is 8.67. The lowest BCUT2D eigenvalue weighted by atomic mass is 10.0. The summed E-state index contributed by atoms with van der Waals surface area (Å²) in [5.41, 5.74) is 3.77. The Hall–Kier alpha value is -5.23. The van der Waals surface area contributed by atoms with Crippen molar-refractivity contribution in [1.82, 2.24) is 14.8 Å². The minimum Gasteiger partial charge on any atom is -0.317 e. The number of para-hydroxylation sites is 1. The summed E-state index contributed by atoms with van der Waals surface area (Å²) in [4.78, 5) is 49.7. The van der Waals surface area contributed by atoms with Gasteiger partial charge in [0.05, 0.1) is 34.5 Å². The molecule has 4 aromatic rings. The number of imide groups is 1. The number of likely N-dealkylation sites (tertiary alicyclic amines) is 1. The van der Waals surface area contributed by atoms with Gasteiger partial charge in [0.15, 0.2) is 0 Å². The Kier molecular flexibility index (Phi) is 5.10. The zero-order valence-corrected chi connectivity index (χ0v) is 20.7. The number of nitrogens with one attached hydrogen (secondary N) is 1. The SMILES string of the molecule is N#Cc1ccc(N2C(=O)C3C4CC(CN4C(=O)Nc4ccccc4-c4ccccc4)N3C2=O)c2cccnc12. The maximum absolute atomic E-state index is 13.8. The molecule has 0 saturated carbocycles. The second-order valence-corrected chi connectivity index (χ2v) is 9.90. The molecule has 3 aromatic carbocycles. The Bertz CT molecular complexity index is 1720. The van der Waals surface area contributed by atoms with Crippen molar-refractivity contribution < 1.29 is 14.4 Å². The summed E-state index contributed by atoms with van der Waals surface area (Å²) < 4.78 is 0. The number of carbonyl (C=O) groups is 3. The van der Waals surface area contributed by atoms with Crippen molar-refractivity contribution in [3.05, 3.63) is 90.6 Å². The van der Waals surface area contributed by atoms with E-state index in [1.807, 2.05) is 54.6 Å². The number of benzene rings is 3. The second-order valence-electron chi connectivity index (χ2n) is 9.90. The molecule has 0 spiro atoms. The highest BCUT2D eigenvalue weighted by Crippen LogP contribution is 2.44. The van der Waals surface area contributed by atoms with E-state index in [2.05, 4.69) is 16.4 Å². The first-order chi connectivity index (χ1) is 19.1. The molecular weight excluding hydrogens is 492 g/mol. The maximum Gasteiger partial charge on any atom is 0.332 e. The molecular formula is C30H22N6O3. The van der Waals surface area contributed by atoms with Crippen LogP contribution < -0.4 is 10.2 Å². The molecule has 9 nitrogen and oxygen atoms in total. The summed E-state index contributed by atoms with van der Waals surface area (Å²) >= 11 is 0. The van der Waals surface area contributed by atoms with E-state index >= 15 is 0 Å². The van der Waals surface area contributed by atoms with Crippen LogP contribution in [0.3, 0.4) is 0 Å². The number of nitrogens with zero attached hydrogens (tertiary/aromatic N) is 5. The van der Waals surface area contributed by atoms with Crippen molar-refractivity contribution in [2.45, 2.75) is 24.5 Å². The van der Waals surface area contributed by atoms with Crippen LogP contribution >= 0.6 is 0 Å². The van der Waals surface area contributed by atoms with Gasteiger partial charge in [-0.3, -0.25) is 9.78 Å². The number of piperazine rings is 1. The quantitative estimate of drug-likeness (QED) is 0.402. The first-order valence-corrected chi connectivity index (χ1v) is 12.7. The highest BCUT2D eigenvalue weighted by atomic mass is 16.2. The zero-order valence-electron chi connectivity index (χ0n) is 20.7. The van der Waals surface area contributed by atoms with Crippen molar-refractivity contribution in [2.75, 3.05) is 16.8 Å². The van der Waals surface area contributed by atoms with Gasteiger partial charge in [0.2, 0.25) is 0 Å². The molecule has 3 atom stereocenters. The molecule has 190 valence electrons. The van der Waals surface area contributed by atoms with E-state index < -0.39 is 18.1 Å². The number of rotatable bonds is 3. The van der Waals surface area contributed by atoms with Crippen molar-refractivity contribution in [3.63, 3.8) is 0 Å². The first kappa shape index (κ1) is 22.9. The van der Waals surface area contributed by atoms with E-state index in [4.69, 9.17) is 0 Å². The number of hydrogen-bond donors (Lipinski definition) is 1. The molecule has 2 bridgehead atoms.